The van der Waals surface area contributed by atoms with E-state index < -0.39 is 24.3 Å². The first-order valence-corrected chi connectivity index (χ1v) is 7.76. The Hall–Kier alpha value is -3.63. The van der Waals surface area contributed by atoms with Gasteiger partial charge in [-0.15, -0.1) is 0 Å². The molecular formula is C17H12F4N4O3. The van der Waals surface area contributed by atoms with Crippen molar-refractivity contribution >= 4 is 17.5 Å². The average Bonchev–Trinajstić information content (AvgIpc) is 3.11. The Morgan fingerprint density at radius 2 is 1.68 bits per heavy atom. The van der Waals surface area contributed by atoms with E-state index in [2.05, 4.69) is 30.3 Å². The fraction of sp³-hybridized carbons (Fsp3) is 0.118. The molecule has 0 saturated heterocycles. The van der Waals surface area contributed by atoms with E-state index in [0.717, 1.165) is 12.1 Å². The van der Waals surface area contributed by atoms with Crippen LogP contribution in [0.15, 0.2) is 59.2 Å². The summed E-state index contributed by atoms with van der Waals surface area (Å²) in [4.78, 5) is 12.1. The Morgan fingerprint density at radius 3 is 2.32 bits per heavy atom. The molecule has 0 atom stereocenters. The van der Waals surface area contributed by atoms with Crippen LogP contribution in [0.1, 0.15) is 0 Å². The highest BCUT2D eigenvalue weighted by atomic mass is 19.3. The predicted octanol–water partition coefficient (Wildman–Crippen LogP) is 4.62. The Morgan fingerprint density at radius 1 is 1.00 bits per heavy atom. The van der Waals surface area contributed by atoms with Crippen LogP contribution in [-0.4, -0.2) is 28.9 Å². The van der Waals surface area contributed by atoms with E-state index in [1.807, 2.05) is 0 Å². The summed E-state index contributed by atoms with van der Waals surface area (Å²) in [5.74, 6) is -0.413. The number of benzene rings is 2. The molecule has 28 heavy (non-hydrogen) atoms. The molecule has 0 aliphatic heterocycles. The van der Waals surface area contributed by atoms with Gasteiger partial charge in [0.2, 0.25) is 5.82 Å². The van der Waals surface area contributed by atoms with Crippen molar-refractivity contribution in [1.29, 1.82) is 0 Å². The maximum atomic E-state index is 12.9. The number of ether oxygens (including phenoxy) is 1. The summed E-state index contributed by atoms with van der Waals surface area (Å²) in [6, 6.07) is 12.6. The molecule has 2 aromatic carbocycles. The quantitative estimate of drug-likeness (QED) is 0.594. The number of carbonyl (C=O) groups excluding carboxylic acids is 1. The van der Waals surface area contributed by atoms with E-state index in [4.69, 9.17) is 0 Å². The summed E-state index contributed by atoms with van der Waals surface area (Å²) in [6.45, 7) is 0. The third-order valence-corrected chi connectivity index (χ3v) is 3.39. The number of aromatic nitrogens is 2. The van der Waals surface area contributed by atoms with Crippen molar-refractivity contribution in [3.63, 3.8) is 0 Å². The molecule has 1 aromatic heterocycles. The molecule has 146 valence electrons. The van der Waals surface area contributed by atoms with Crippen molar-refractivity contribution < 1.29 is 31.7 Å². The van der Waals surface area contributed by atoms with Crippen LogP contribution in [0, 0.1) is 0 Å². The lowest BCUT2D eigenvalue weighted by molar-refractivity contribution is -0.253. The Kier molecular flexibility index (Phi) is 5.43. The molecule has 0 aliphatic rings. The predicted molar refractivity (Wildman–Crippen MR) is 90.4 cm³/mol. The first-order chi connectivity index (χ1) is 13.3. The molecule has 2 N–H and O–H groups in total. The van der Waals surface area contributed by atoms with Crippen molar-refractivity contribution in [2.24, 2.45) is 0 Å². The van der Waals surface area contributed by atoms with Crippen LogP contribution in [0.25, 0.3) is 11.3 Å². The molecule has 3 aromatic rings. The zero-order valence-corrected chi connectivity index (χ0v) is 13.9. The number of alkyl halides is 4. The van der Waals surface area contributed by atoms with Gasteiger partial charge in [-0.05, 0) is 34.6 Å². The van der Waals surface area contributed by atoms with Crippen molar-refractivity contribution in [2.75, 3.05) is 10.6 Å². The molecule has 0 fully saturated rings. The number of hydrogen-bond acceptors (Lipinski definition) is 5. The molecule has 0 unspecified atom stereocenters. The van der Waals surface area contributed by atoms with Crippen LogP contribution in [-0.2, 0) is 0 Å². The molecule has 1 heterocycles. The van der Waals surface area contributed by atoms with Gasteiger partial charge in [-0.2, -0.15) is 17.6 Å². The second-order valence-corrected chi connectivity index (χ2v) is 5.40. The summed E-state index contributed by atoms with van der Waals surface area (Å²) >= 11 is 0. The molecule has 7 nitrogen and oxygen atoms in total. The SMILES string of the molecule is O=C(Nc1ccc(OC(F)(F)C(F)F)cc1)Nc1nonc1-c1ccccc1. The first-order valence-electron chi connectivity index (χ1n) is 7.76. The van der Waals surface area contributed by atoms with Gasteiger partial charge in [-0.1, -0.05) is 30.3 Å². The van der Waals surface area contributed by atoms with E-state index in [1.165, 1.54) is 12.1 Å². The topological polar surface area (TPSA) is 89.3 Å². The smallest absolute Gasteiger partial charge is 0.428 e. The molecule has 0 radical (unpaired) electrons. The Bertz CT molecular complexity index is 933. The van der Waals surface area contributed by atoms with Gasteiger partial charge in [0, 0.05) is 11.3 Å². The van der Waals surface area contributed by atoms with Crippen LogP contribution in [0.3, 0.4) is 0 Å². The van der Waals surface area contributed by atoms with Gasteiger partial charge in [-0.3, -0.25) is 5.32 Å². The number of carbonyl (C=O) groups is 1. The monoisotopic (exact) mass is 396 g/mol. The lowest BCUT2D eigenvalue weighted by Gasteiger charge is -2.16. The molecule has 2 amide bonds. The first kappa shape index (κ1) is 19.1. The molecule has 3 rings (SSSR count). The van der Waals surface area contributed by atoms with E-state index in [9.17, 15) is 22.4 Å². The summed E-state index contributed by atoms with van der Waals surface area (Å²) in [6.07, 6.45) is -8.58. The van der Waals surface area contributed by atoms with Gasteiger partial charge in [-0.25, -0.2) is 9.42 Å². The lowest BCUT2D eigenvalue weighted by Crippen LogP contribution is -2.33. The van der Waals surface area contributed by atoms with Gasteiger partial charge in [0.05, 0.1) is 0 Å². The molecular weight excluding hydrogens is 384 g/mol. The molecule has 0 aliphatic carbocycles. The highest BCUT2D eigenvalue weighted by molar-refractivity contribution is 6.00. The van der Waals surface area contributed by atoms with Crippen LogP contribution < -0.4 is 15.4 Å². The Balaban J connectivity index is 1.63. The molecule has 0 saturated carbocycles. The minimum absolute atomic E-state index is 0.0697. The van der Waals surface area contributed by atoms with Crippen molar-refractivity contribution in [1.82, 2.24) is 10.3 Å². The van der Waals surface area contributed by atoms with Gasteiger partial charge >= 0.3 is 18.6 Å². The van der Waals surface area contributed by atoms with Gasteiger partial charge in [0.15, 0.2) is 5.69 Å². The highest BCUT2D eigenvalue weighted by Crippen LogP contribution is 2.28. The van der Waals surface area contributed by atoms with E-state index >= 15 is 0 Å². The third kappa shape index (κ3) is 4.55. The van der Waals surface area contributed by atoms with E-state index in [-0.39, 0.29) is 11.5 Å². The van der Waals surface area contributed by atoms with Crippen LogP contribution in [0.5, 0.6) is 5.75 Å². The number of rotatable bonds is 6. The number of amides is 2. The number of nitrogens with zero attached hydrogens (tertiary/aromatic N) is 2. The molecule has 11 heteroatoms. The van der Waals surface area contributed by atoms with Crippen molar-refractivity contribution in [3.05, 3.63) is 54.6 Å². The highest BCUT2D eigenvalue weighted by Gasteiger charge is 2.43. The van der Waals surface area contributed by atoms with Gasteiger partial charge in [0.25, 0.3) is 0 Å². The molecule has 0 spiro atoms. The second-order valence-electron chi connectivity index (χ2n) is 5.40. The normalized spacial score (nSPS) is 11.3. The molecule has 0 bridgehead atoms. The number of nitrogens with one attached hydrogen (secondary N) is 2. The van der Waals surface area contributed by atoms with Crippen molar-refractivity contribution in [2.45, 2.75) is 12.5 Å². The maximum Gasteiger partial charge on any atom is 0.461 e. The average molecular weight is 396 g/mol. The standard InChI is InChI=1S/C17H12F4N4O3/c18-15(19)17(20,21)27-12-8-6-11(7-9-12)22-16(26)23-14-13(24-28-25-14)10-4-2-1-3-5-10/h1-9,15H,(H2,22,23,25,26). The second kappa shape index (κ2) is 7.94. The number of urea groups is 1. The fourth-order valence-corrected chi connectivity index (χ4v) is 2.13. The summed E-state index contributed by atoms with van der Waals surface area (Å²) < 4.78 is 58.5. The minimum Gasteiger partial charge on any atom is -0.428 e. The van der Waals surface area contributed by atoms with E-state index in [1.54, 1.807) is 30.3 Å². The summed E-state index contributed by atoms with van der Waals surface area (Å²) in [5, 5.41) is 12.2. The lowest BCUT2D eigenvalue weighted by atomic mass is 10.1. The van der Waals surface area contributed by atoms with Gasteiger partial charge < -0.3 is 10.1 Å². The third-order valence-electron chi connectivity index (χ3n) is 3.39. The zero-order chi connectivity index (χ0) is 20.1. The zero-order valence-electron chi connectivity index (χ0n) is 13.9. The van der Waals surface area contributed by atoms with Crippen LogP contribution >= 0.6 is 0 Å². The van der Waals surface area contributed by atoms with Crippen molar-refractivity contribution in [3.8, 4) is 17.0 Å². The number of hydrogen-bond donors (Lipinski definition) is 2. The summed E-state index contributed by atoms with van der Waals surface area (Å²) in [7, 11) is 0. The van der Waals surface area contributed by atoms with Crippen LogP contribution in [0.2, 0.25) is 0 Å². The summed E-state index contributed by atoms with van der Waals surface area (Å²) in [5.41, 5.74) is 1.18. The minimum atomic E-state index is -4.61. The van der Waals surface area contributed by atoms with Crippen LogP contribution in [0.4, 0.5) is 33.9 Å². The largest absolute Gasteiger partial charge is 0.461 e. The van der Waals surface area contributed by atoms with Gasteiger partial charge in [0.1, 0.15) is 5.75 Å². The van der Waals surface area contributed by atoms with E-state index in [0.29, 0.717) is 11.3 Å². The fourth-order valence-electron chi connectivity index (χ4n) is 2.13. The maximum absolute atomic E-state index is 12.9. The number of halogens is 4. The number of anilines is 2. The Labute approximate surface area is 155 Å².